The quantitative estimate of drug-likeness (QED) is 0.659. The summed E-state index contributed by atoms with van der Waals surface area (Å²) in [5.74, 6) is 0.775. The summed E-state index contributed by atoms with van der Waals surface area (Å²) in [7, 11) is 0. The Bertz CT molecular complexity index is 150. The van der Waals surface area contributed by atoms with Crippen LogP contribution in [0.15, 0.2) is 0 Å². The molecular weight excluding hydrogens is 179 g/mol. The van der Waals surface area contributed by atoms with Gasteiger partial charge in [0.15, 0.2) is 0 Å². The lowest BCUT2D eigenvalue weighted by Gasteiger charge is -2.20. The first kappa shape index (κ1) is 11.9. The lowest BCUT2D eigenvalue weighted by Crippen LogP contribution is -2.31. The van der Waals surface area contributed by atoms with Gasteiger partial charge in [0.2, 0.25) is 0 Å². The molecule has 1 aliphatic heterocycles. The highest BCUT2D eigenvalue weighted by atomic mass is 19.1. The Morgan fingerprint density at radius 3 is 2.86 bits per heavy atom. The van der Waals surface area contributed by atoms with Crippen LogP contribution < -0.4 is 5.32 Å². The molecule has 1 saturated heterocycles. The normalized spacial score (nSPS) is 23.6. The van der Waals surface area contributed by atoms with Crippen molar-refractivity contribution in [3.63, 3.8) is 0 Å². The van der Waals surface area contributed by atoms with E-state index in [9.17, 15) is 4.39 Å². The molecule has 1 N–H and O–H groups in total. The number of hydrogen-bond acceptors (Lipinski definition) is 2. The lowest BCUT2D eigenvalue weighted by atomic mass is 10.1. The first-order valence-electron chi connectivity index (χ1n) is 5.74. The molecule has 0 radical (unpaired) electrons. The summed E-state index contributed by atoms with van der Waals surface area (Å²) < 4.78 is 11.8. The van der Waals surface area contributed by atoms with Crippen molar-refractivity contribution in [3.8, 4) is 0 Å². The Hall–Kier alpha value is -0.150. The van der Waals surface area contributed by atoms with Crippen molar-refractivity contribution in [2.45, 2.75) is 32.7 Å². The van der Waals surface area contributed by atoms with Gasteiger partial charge < -0.3 is 10.2 Å². The van der Waals surface area contributed by atoms with Crippen molar-refractivity contribution in [1.29, 1.82) is 0 Å². The van der Waals surface area contributed by atoms with Gasteiger partial charge in [0, 0.05) is 12.6 Å². The zero-order valence-electron chi connectivity index (χ0n) is 9.43. The molecule has 0 amide bonds. The number of nitrogens with one attached hydrogen (secondary N) is 1. The summed E-state index contributed by atoms with van der Waals surface area (Å²) in [5.41, 5.74) is 0. The summed E-state index contributed by atoms with van der Waals surface area (Å²) >= 11 is 0. The molecule has 2 nitrogen and oxygen atoms in total. The molecule has 1 rings (SSSR count). The molecule has 84 valence electrons. The van der Waals surface area contributed by atoms with Crippen molar-refractivity contribution in [1.82, 2.24) is 10.2 Å². The maximum atomic E-state index is 11.8. The van der Waals surface area contributed by atoms with Crippen LogP contribution in [0.2, 0.25) is 0 Å². The van der Waals surface area contributed by atoms with Crippen molar-refractivity contribution in [2.75, 3.05) is 32.9 Å². The molecule has 0 aromatic heterocycles. The van der Waals surface area contributed by atoms with Crippen molar-refractivity contribution >= 4 is 0 Å². The molecule has 1 atom stereocenters. The molecule has 1 heterocycles. The molecule has 1 fully saturated rings. The van der Waals surface area contributed by atoms with Crippen molar-refractivity contribution in [2.24, 2.45) is 5.92 Å². The van der Waals surface area contributed by atoms with E-state index < -0.39 is 0 Å². The van der Waals surface area contributed by atoms with Crippen molar-refractivity contribution < 1.29 is 4.39 Å². The van der Waals surface area contributed by atoms with Gasteiger partial charge in [-0.15, -0.1) is 0 Å². The van der Waals surface area contributed by atoms with Gasteiger partial charge in [0.25, 0.3) is 0 Å². The Labute approximate surface area is 86.9 Å². The van der Waals surface area contributed by atoms with Crippen LogP contribution in [0.25, 0.3) is 0 Å². The van der Waals surface area contributed by atoms with E-state index in [2.05, 4.69) is 24.1 Å². The number of halogens is 1. The van der Waals surface area contributed by atoms with E-state index in [1.54, 1.807) is 0 Å². The predicted octanol–water partition coefficient (Wildman–Crippen LogP) is 1.67. The van der Waals surface area contributed by atoms with Gasteiger partial charge in [0.05, 0.1) is 6.67 Å². The highest BCUT2D eigenvalue weighted by Gasteiger charge is 2.23. The van der Waals surface area contributed by atoms with Gasteiger partial charge in [-0.2, -0.15) is 0 Å². The molecule has 3 heteroatoms. The Morgan fingerprint density at radius 2 is 2.29 bits per heavy atom. The first-order valence-corrected chi connectivity index (χ1v) is 5.74. The molecule has 0 spiro atoms. The highest BCUT2D eigenvalue weighted by Crippen LogP contribution is 2.17. The second kappa shape index (κ2) is 6.36. The zero-order chi connectivity index (χ0) is 10.4. The van der Waals surface area contributed by atoms with Crippen LogP contribution in [-0.2, 0) is 0 Å². The average Bonchev–Trinajstić information content (AvgIpc) is 2.61. The number of likely N-dealkylation sites (tertiary alicyclic amines) is 1. The lowest BCUT2D eigenvalue weighted by molar-refractivity contribution is 0.264. The fourth-order valence-corrected chi connectivity index (χ4v) is 2.00. The van der Waals surface area contributed by atoms with Crippen LogP contribution in [0.1, 0.15) is 26.7 Å². The second-order valence-electron chi connectivity index (χ2n) is 4.49. The molecule has 0 aromatic carbocycles. The van der Waals surface area contributed by atoms with E-state index in [1.165, 1.54) is 19.5 Å². The van der Waals surface area contributed by atoms with Crippen LogP contribution in [0.3, 0.4) is 0 Å². The minimum Gasteiger partial charge on any atom is -0.316 e. The monoisotopic (exact) mass is 202 g/mol. The van der Waals surface area contributed by atoms with E-state index >= 15 is 0 Å². The van der Waals surface area contributed by atoms with Gasteiger partial charge in [-0.3, -0.25) is 4.39 Å². The fraction of sp³-hybridized carbons (Fsp3) is 1.00. The second-order valence-corrected chi connectivity index (χ2v) is 4.49. The Morgan fingerprint density at radius 1 is 1.50 bits per heavy atom. The fourth-order valence-electron chi connectivity index (χ4n) is 2.00. The summed E-state index contributed by atoms with van der Waals surface area (Å²) in [6.45, 7) is 8.62. The molecule has 1 aliphatic rings. The standard InChI is InChI=1S/C11H23FN2/c1-10(2)14-7-4-11(9-14)8-13-6-3-5-12/h10-11,13H,3-9H2,1-2H3. The average molecular weight is 202 g/mol. The topological polar surface area (TPSA) is 15.3 Å². The van der Waals surface area contributed by atoms with Crippen LogP contribution >= 0.6 is 0 Å². The number of alkyl halides is 1. The maximum absolute atomic E-state index is 11.8. The molecule has 0 saturated carbocycles. The third kappa shape index (κ3) is 3.93. The maximum Gasteiger partial charge on any atom is 0.0906 e. The minimum absolute atomic E-state index is 0.199. The predicted molar refractivity (Wildman–Crippen MR) is 58.3 cm³/mol. The van der Waals surface area contributed by atoms with Crippen molar-refractivity contribution in [3.05, 3.63) is 0 Å². The van der Waals surface area contributed by atoms with Gasteiger partial charge in [-0.25, -0.2) is 0 Å². The van der Waals surface area contributed by atoms with E-state index in [0.29, 0.717) is 12.5 Å². The first-order chi connectivity index (χ1) is 6.74. The van der Waals surface area contributed by atoms with Crippen LogP contribution in [0, 0.1) is 5.92 Å². The SMILES string of the molecule is CC(C)N1CCC(CNCCCF)C1. The van der Waals surface area contributed by atoms with Crippen LogP contribution in [-0.4, -0.2) is 43.8 Å². The van der Waals surface area contributed by atoms with Gasteiger partial charge in [0.1, 0.15) is 0 Å². The summed E-state index contributed by atoms with van der Waals surface area (Å²) in [6.07, 6.45) is 1.95. The van der Waals surface area contributed by atoms with Crippen LogP contribution in [0.4, 0.5) is 4.39 Å². The molecule has 14 heavy (non-hydrogen) atoms. The number of nitrogens with zero attached hydrogens (tertiary/aromatic N) is 1. The van der Waals surface area contributed by atoms with E-state index in [0.717, 1.165) is 19.0 Å². The molecule has 0 bridgehead atoms. The van der Waals surface area contributed by atoms with Gasteiger partial charge >= 0.3 is 0 Å². The summed E-state index contributed by atoms with van der Waals surface area (Å²) in [6, 6.07) is 0.672. The third-order valence-corrected chi connectivity index (χ3v) is 2.97. The number of hydrogen-bond donors (Lipinski definition) is 1. The molecule has 0 aromatic rings. The molecule has 1 unspecified atom stereocenters. The Balaban J connectivity index is 2.04. The van der Waals surface area contributed by atoms with Crippen LogP contribution in [0.5, 0.6) is 0 Å². The highest BCUT2D eigenvalue weighted by molar-refractivity contribution is 4.78. The van der Waals surface area contributed by atoms with E-state index in [1.807, 2.05) is 0 Å². The van der Waals surface area contributed by atoms with E-state index in [-0.39, 0.29) is 6.67 Å². The zero-order valence-corrected chi connectivity index (χ0v) is 9.43. The Kier molecular flexibility index (Phi) is 5.41. The third-order valence-electron chi connectivity index (χ3n) is 2.97. The molecular formula is C11H23FN2. The summed E-state index contributed by atoms with van der Waals surface area (Å²) in [4.78, 5) is 2.52. The van der Waals surface area contributed by atoms with Gasteiger partial charge in [-0.1, -0.05) is 0 Å². The van der Waals surface area contributed by atoms with E-state index in [4.69, 9.17) is 0 Å². The smallest absolute Gasteiger partial charge is 0.0906 e. The number of rotatable bonds is 6. The largest absolute Gasteiger partial charge is 0.316 e. The van der Waals surface area contributed by atoms with Gasteiger partial charge in [-0.05, 0) is 52.2 Å². The summed E-state index contributed by atoms with van der Waals surface area (Å²) in [5, 5.41) is 3.32. The minimum atomic E-state index is -0.199. The molecule has 0 aliphatic carbocycles.